The van der Waals surface area contributed by atoms with E-state index in [4.69, 9.17) is 0 Å². The minimum absolute atomic E-state index is 0.158. The zero-order chi connectivity index (χ0) is 16.1. The molecule has 0 aliphatic rings. The van der Waals surface area contributed by atoms with Crippen molar-refractivity contribution >= 4 is 28.7 Å². The van der Waals surface area contributed by atoms with Crippen molar-refractivity contribution in [2.45, 2.75) is 12.6 Å². The van der Waals surface area contributed by atoms with E-state index < -0.39 is 0 Å². The lowest BCUT2D eigenvalue weighted by atomic mass is 10.1. The Hall–Kier alpha value is -2.18. The zero-order valence-electron chi connectivity index (χ0n) is 12.2. The van der Waals surface area contributed by atoms with Gasteiger partial charge in [0.15, 0.2) is 0 Å². The first-order valence-corrected chi connectivity index (χ1v) is 8.89. The summed E-state index contributed by atoms with van der Waals surface area (Å²) in [5.41, 5.74) is 1.92. The Balaban J connectivity index is 1.63. The van der Waals surface area contributed by atoms with Gasteiger partial charge in [0, 0.05) is 11.4 Å². The molecule has 2 N–H and O–H groups in total. The predicted octanol–water partition coefficient (Wildman–Crippen LogP) is 4.54. The molecule has 3 rings (SSSR count). The molecule has 3 aromatic rings. The van der Waals surface area contributed by atoms with Crippen molar-refractivity contribution in [1.82, 2.24) is 10.6 Å². The monoisotopic (exact) mass is 346 g/mol. The quantitative estimate of drug-likeness (QED) is 0.700. The SMILES string of the molecule is O=C(NCc1ccc(F)cc1)NC(c1ccsc1)c1cccs1. The van der Waals surface area contributed by atoms with Gasteiger partial charge in [-0.1, -0.05) is 18.2 Å². The van der Waals surface area contributed by atoms with E-state index in [1.54, 1.807) is 34.8 Å². The zero-order valence-corrected chi connectivity index (χ0v) is 13.8. The van der Waals surface area contributed by atoms with Gasteiger partial charge in [0.05, 0.1) is 6.04 Å². The maximum absolute atomic E-state index is 12.9. The first-order chi connectivity index (χ1) is 11.2. The van der Waals surface area contributed by atoms with Crippen molar-refractivity contribution in [1.29, 1.82) is 0 Å². The topological polar surface area (TPSA) is 41.1 Å². The number of nitrogens with one attached hydrogen (secondary N) is 2. The van der Waals surface area contributed by atoms with Crippen LogP contribution in [0.1, 0.15) is 22.0 Å². The second kappa shape index (κ2) is 7.39. The van der Waals surface area contributed by atoms with Gasteiger partial charge in [0.1, 0.15) is 5.82 Å². The van der Waals surface area contributed by atoms with E-state index >= 15 is 0 Å². The average Bonchev–Trinajstić information content (AvgIpc) is 3.25. The Labute approximate surface area is 141 Å². The van der Waals surface area contributed by atoms with Gasteiger partial charge in [-0.15, -0.1) is 11.3 Å². The average molecular weight is 346 g/mol. The van der Waals surface area contributed by atoms with E-state index in [-0.39, 0.29) is 17.9 Å². The molecule has 2 amide bonds. The summed E-state index contributed by atoms with van der Waals surface area (Å²) in [6.45, 7) is 0.354. The number of benzene rings is 1. The van der Waals surface area contributed by atoms with Gasteiger partial charge in [0.2, 0.25) is 0 Å². The molecule has 0 saturated carbocycles. The molecular formula is C17H15FN2OS2. The van der Waals surface area contributed by atoms with Gasteiger partial charge in [-0.05, 0) is 51.5 Å². The smallest absolute Gasteiger partial charge is 0.315 e. The number of urea groups is 1. The van der Waals surface area contributed by atoms with Crippen molar-refractivity contribution in [2.75, 3.05) is 0 Å². The molecule has 0 spiro atoms. The summed E-state index contributed by atoms with van der Waals surface area (Å²) >= 11 is 3.21. The largest absolute Gasteiger partial charge is 0.334 e. The van der Waals surface area contributed by atoms with Crippen molar-refractivity contribution in [3.05, 3.63) is 80.4 Å². The van der Waals surface area contributed by atoms with Crippen molar-refractivity contribution in [3.63, 3.8) is 0 Å². The molecule has 1 atom stereocenters. The van der Waals surface area contributed by atoms with E-state index in [1.165, 1.54) is 12.1 Å². The van der Waals surface area contributed by atoms with Crippen LogP contribution in [0.4, 0.5) is 9.18 Å². The van der Waals surface area contributed by atoms with Gasteiger partial charge in [-0.3, -0.25) is 0 Å². The molecule has 23 heavy (non-hydrogen) atoms. The highest BCUT2D eigenvalue weighted by atomic mass is 32.1. The molecule has 0 aliphatic carbocycles. The first-order valence-electron chi connectivity index (χ1n) is 7.06. The Morgan fingerprint density at radius 2 is 1.96 bits per heavy atom. The van der Waals surface area contributed by atoms with Crippen LogP contribution in [0.3, 0.4) is 0 Å². The second-order valence-corrected chi connectivity index (χ2v) is 6.72. The molecule has 6 heteroatoms. The van der Waals surface area contributed by atoms with Crippen LogP contribution in [0.2, 0.25) is 0 Å². The normalized spacial score (nSPS) is 11.9. The first kappa shape index (κ1) is 15.7. The lowest BCUT2D eigenvalue weighted by Crippen LogP contribution is -2.37. The minimum atomic E-state index is -0.284. The van der Waals surface area contributed by atoms with E-state index in [1.807, 2.05) is 34.3 Å². The van der Waals surface area contributed by atoms with Gasteiger partial charge in [-0.2, -0.15) is 11.3 Å². The summed E-state index contributed by atoms with van der Waals surface area (Å²) in [6.07, 6.45) is 0. The maximum Gasteiger partial charge on any atom is 0.315 e. The number of rotatable bonds is 5. The van der Waals surface area contributed by atoms with E-state index in [0.717, 1.165) is 16.0 Å². The van der Waals surface area contributed by atoms with Gasteiger partial charge < -0.3 is 10.6 Å². The molecule has 118 valence electrons. The maximum atomic E-state index is 12.9. The van der Waals surface area contributed by atoms with Crippen LogP contribution < -0.4 is 10.6 Å². The van der Waals surface area contributed by atoms with E-state index in [2.05, 4.69) is 10.6 Å². The van der Waals surface area contributed by atoms with Gasteiger partial charge in [0.25, 0.3) is 0 Å². The molecule has 1 aromatic carbocycles. The molecule has 1 unspecified atom stereocenters. The lowest BCUT2D eigenvalue weighted by Gasteiger charge is -2.17. The Kier molecular flexibility index (Phi) is 5.05. The number of hydrogen-bond donors (Lipinski definition) is 2. The molecule has 0 radical (unpaired) electrons. The van der Waals surface area contributed by atoms with Crippen LogP contribution in [0, 0.1) is 5.82 Å². The fourth-order valence-corrected chi connectivity index (χ4v) is 3.67. The number of thiophene rings is 2. The number of halogens is 1. The third-order valence-corrected chi connectivity index (χ3v) is 4.98. The molecule has 2 aromatic heterocycles. The van der Waals surface area contributed by atoms with Crippen LogP contribution in [0.25, 0.3) is 0 Å². The summed E-state index contributed by atoms with van der Waals surface area (Å²) in [4.78, 5) is 13.3. The van der Waals surface area contributed by atoms with Gasteiger partial charge >= 0.3 is 6.03 Å². The summed E-state index contributed by atoms with van der Waals surface area (Å²) in [6, 6.07) is 11.7. The Bertz CT molecular complexity index is 705. The number of carbonyl (C=O) groups excluding carboxylic acids is 1. The number of carbonyl (C=O) groups is 1. The number of amides is 2. The summed E-state index contributed by atoms with van der Waals surface area (Å²) in [5.74, 6) is -0.284. The Morgan fingerprint density at radius 3 is 2.61 bits per heavy atom. The van der Waals surface area contributed by atoms with Crippen LogP contribution in [0.5, 0.6) is 0 Å². The van der Waals surface area contributed by atoms with E-state index in [0.29, 0.717) is 6.54 Å². The second-order valence-electron chi connectivity index (χ2n) is 4.96. The molecule has 0 saturated heterocycles. The summed E-state index contributed by atoms with van der Waals surface area (Å²) < 4.78 is 12.9. The molecule has 0 aliphatic heterocycles. The van der Waals surface area contributed by atoms with Crippen LogP contribution in [-0.2, 0) is 6.54 Å². The standard InChI is InChI=1S/C17H15FN2OS2/c18-14-5-3-12(4-6-14)10-19-17(21)20-16(13-7-9-22-11-13)15-2-1-8-23-15/h1-9,11,16H,10H2,(H2,19,20,21). The van der Waals surface area contributed by atoms with Crippen LogP contribution in [0.15, 0.2) is 58.6 Å². The molecular weight excluding hydrogens is 331 g/mol. The van der Waals surface area contributed by atoms with Crippen molar-refractivity contribution in [3.8, 4) is 0 Å². The van der Waals surface area contributed by atoms with Crippen LogP contribution >= 0.6 is 22.7 Å². The van der Waals surface area contributed by atoms with Crippen molar-refractivity contribution < 1.29 is 9.18 Å². The number of hydrogen-bond acceptors (Lipinski definition) is 3. The van der Waals surface area contributed by atoms with Gasteiger partial charge in [-0.25, -0.2) is 9.18 Å². The third-order valence-electron chi connectivity index (χ3n) is 3.35. The molecule has 2 heterocycles. The highest BCUT2D eigenvalue weighted by molar-refractivity contribution is 7.10. The third kappa shape index (κ3) is 4.18. The predicted molar refractivity (Wildman–Crippen MR) is 92.3 cm³/mol. The van der Waals surface area contributed by atoms with Crippen molar-refractivity contribution in [2.24, 2.45) is 0 Å². The fraction of sp³-hybridized carbons (Fsp3) is 0.118. The highest BCUT2D eigenvalue weighted by Crippen LogP contribution is 2.27. The van der Waals surface area contributed by atoms with Crippen LogP contribution in [-0.4, -0.2) is 6.03 Å². The summed E-state index contributed by atoms with van der Waals surface area (Å²) in [7, 11) is 0. The molecule has 3 nitrogen and oxygen atoms in total. The summed E-state index contributed by atoms with van der Waals surface area (Å²) in [5, 5.41) is 11.8. The Morgan fingerprint density at radius 1 is 1.13 bits per heavy atom. The molecule has 0 bridgehead atoms. The molecule has 0 fully saturated rings. The lowest BCUT2D eigenvalue weighted by molar-refractivity contribution is 0.238. The van der Waals surface area contributed by atoms with E-state index in [9.17, 15) is 9.18 Å². The fourth-order valence-electron chi connectivity index (χ4n) is 2.18. The minimum Gasteiger partial charge on any atom is -0.334 e. The highest BCUT2D eigenvalue weighted by Gasteiger charge is 2.18.